The van der Waals surface area contributed by atoms with Crippen molar-refractivity contribution in [3.63, 3.8) is 0 Å². The summed E-state index contributed by atoms with van der Waals surface area (Å²) in [5.41, 5.74) is 0.792. The highest BCUT2D eigenvalue weighted by molar-refractivity contribution is 6.02. The highest BCUT2D eigenvalue weighted by Crippen LogP contribution is 2.29. The van der Waals surface area contributed by atoms with Gasteiger partial charge in [-0.15, -0.1) is 0 Å². The van der Waals surface area contributed by atoms with E-state index in [0.29, 0.717) is 11.1 Å². The van der Waals surface area contributed by atoms with E-state index in [4.69, 9.17) is 0 Å². The van der Waals surface area contributed by atoms with Crippen LogP contribution in [0.5, 0.6) is 0 Å². The summed E-state index contributed by atoms with van der Waals surface area (Å²) in [5, 5.41) is 0. The molecule has 0 unspecified atom stereocenters. The molecule has 2 rings (SSSR count). The van der Waals surface area contributed by atoms with Gasteiger partial charge in [0.1, 0.15) is 0 Å². The molecule has 0 N–H and O–H groups in total. The Kier molecular flexibility index (Phi) is 3.88. The SMILES string of the molecule is O=C(c1cccc(-c2ccccc2)c1)C(F)(F)C(F)F. The van der Waals surface area contributed by atoms with E-state index in [2.05, 4.69) is 0 Å². The Bertz CT molecular complexity index is 608. The Balaban J connectivity index is 2.39. The zero-order valence-electron chi connectivity index (χ0n) is 10.2. The van der Waals surface area contributed by atoms with Gasteiger partial charge in [0.05, 0.1) is 0 Å². The summed E-state index contributed by atoms with van der Waals surface area (Å²) in [5.74, 6) is -6.54. The van der Waals surface area contributed by atoms with Gasteiger partial charge in [0.15, 0.2) is 0 Å². The molecule has 20 heavy (non-hydrogen) atoms. The number of Topliss-reactive ketones (excluding diaryl/α,β-unsaturated/α-hetero) is 1. The fourth-order valence-electron chi connectivity index (χ4n) is 1.76. The van der Waals surface area contributed by atoms with Gasteiger partial charge in [-0.1, -0.05) is 48.5 Å². The molecule has 104 valence electrons. The fraction of sp³-hybridized carbons (Fsp3) is 0.133. The number of halogens is 4. The molecule has 2 aromatic rings. The Hall–Kier alpha value is -2.17. The first-order valence-electron chi connectivity index (χ1n) is 5.79. The molecule has 0 aromatic heterocycles. The summed E-state index contributed by atoms with van der Waals surface area (Å²) in [6, 6.07) is 14.0. The summed E-state index contributed by atoms with van der Waals surface area (Å²) < 4.78 is 50.5. The maximum Gasteiger partial charge on any atom is 0.368 e. The van der Waals surface area contributed by atoms with Crippen molar-refractivity contribution >= 4 is 5.78 Å². The van der Waals surface area contributed by atoms with E-state index in [-0.39, 0.29) is 0 Å². The first kappa shape index (κ1) is 14.2. The number of hydrogen-bond acceptors (Lipinski definition) is 1. The number of ketones is 1. The molecule has 0 aliphatic heterocycles. The molecule has 0 saturated heterocycles. The maximum atomic E-state index is 13.1. The molecule has 1 nitrogen and oxygen atoms in total. The number of carbonyl (C=O) groups excluding carboxylic acids is 1. The van der Waals surface area contributed by atoms with E-state index < -0.39 is 23.7 Å². The normalized spacial score (nSPS) is 11.7. The van der Waals surface area contributed by atoms with E-state index in [1.165, 1.54) is 12.1 Å². The van der Waals surface area contributed by atoms with E-state index >= 15 is 0 Å². The van der Waals surface area contributed by atoms with Crippen LogP contribution in [0.1, 0.15) is 10.4 Å². The van der Waals surface area contributed by atoms with Crippen molar-refractivity contribution in [2.24, 2.45) is 0 Å². The van der Waals surface area contributed by atoms with Gasteiger partial charge < -0.3 is 0 Å². The summed E-state index contributed by atoms with van der Waals surface area (Å²) >= 11 is 0. The maximum absolute atomic E-state index is 13.1. The van der Waals surface area contributed by atoms with Crippen molar-refractivity contribution < 1.29 is 22.4 Å². The third kappa shape index (κ3) is 2.71. The minimum absolute atomic E-state index is 0.434. The van der Waals surface area contributed by atoms with Gasteiger partial charge in [-0.05, 0) is 17.2 Å². The van der Waals surface area contributed by atoms with Crippen LogP contribution in [0.25, 0.3) is 11.1 Å². The topological polar surface area (TPSA) is 17.1 Å². The van der Waals surface area contributed by atoms with Gasteiger partial charge >= 0.3 is 12.3 Å². The minimum atomic E-state index is -4.67. The predicted molar refractivity (Wildman–Crippen MR) is 67.2 cm³/mol. The van der Waals surface area contributed by atoms with Crippen LogP contribution in [-0.4, -0.2) is 18.1 Å². The third-order valence-corrected chi connectivity index (χ3v) is 2.81. The van der Waals surface area contributed by atoms with Crippen LogP contribution >= 0.6 is 0 Å². The zero-order valence-corrected chi connectivity index (χ0v) is 10.2. The van der Waals surface area contributed by atoms with Crippen molar-refractivity contribution in [1.29, 1.82) is 0 Å². The first-order chi connectivity index (χ1) is 9.43. The lowest BCUT2D eigenvalue weighted by molar-refractivity contribution is -0.0958. The van der Waals surface area contributed by atoms with Crippen LogP contribution in [0.3, 0.4) is 0 Å². The summed E-state index contributed by atoms with van der Waals surface area (Å²) in [6.45, 7) is 0. The number of rotatable bonds is 4. The average Bonchev–Trinajstić information content (AvgIpc) is 2.47. The van der Waals surface area contributed by atoms with Crippen LogP contribution in [0, 0.1) is 0 Å². The van der Waals surface area contributed by atoms with Gasteiger partial charge in [-0.3, -0.25) is 4.79 Å². The van der Waals surface area contributed by atoms with Gasteiger partial charge in [0, 0.05) is 5.56 Å². The average molecular weight is 282 g/mol. The molecule has 0 spiro atoms. The Labute approximate surface area is 112 Å². The molecular formula is C15H10F4O. The second-order valence-electron chi connectivity index (χ2n) is 4.20. The Morgan fingerprint density at radius 1 is 0.900 bits per heavy atom. The highest BCUT2D eigenvalue weighted by atomic mass is 19.3. The second kappa shape index (κ2) is 5.45. The molecule has 0 radical (unpaired) electrons. The quantitative estimate of drug-likeness (QED) is 0.598. The van der Waals surface area contributed by atoms with E-state index in [1.807, 2.05) is 0 Å². The Morgan fingerprint density at radius 3 is 2.10 bits per heavy atom. The van der Waals surface area contributed by atoms with Gasteiger partial charge in [0.25, 0.3) is 0 Å². The largest absolute Gasteiger partial charge is 0.368 e. The van der Waals surface area contributed by atoms with E-state index in [0.717, 1.165) is 6.07 Å². The zero-order chi connectivity index (χ0) is 14.8. The summed E-state index contributed by atoms with van der Waals surface area (Å²) in [4.78, 5) is 11.5. The van der Waals surface area contributed by atoms with Crippen LogP contribution in [-0.2, 0) is 0 Å². The molecule has 0 saturated carbocycles. The smallest absolute Gasteiger partial charge is 0.287 e. The molecule has 0 fully saturated rings. The third-order valence-electron chi connectivity index (χ3n) is 2.81. The lowest BCUT2D eigenvalue weighted by Crippen LogP contribution is -2.36. The van der Waals surface area contributed by atoms with Crippen molar-refractivity contribution in [2.75, 3.05) is 0 Å². The molecule has 0 heterocycles. The fourth-order valence-corrected chi connectivity index (χ4v) is 1.76. The molecule has 0 bridgehead atoms. The van der Waals surface area contributed by atoms with Crippen LogP contribution in [0.15, 0.2) is 54.6 Å². The van der Waals surface area contributed by atoms with Crippen molar-refractivity contribution in [3.8, 4) is 11.1 Å². The summed E-state index contributed by atoms with van der Waals surface area (Å²) in [6.07, 6.45) is -4.02. The number of benzene rings is 2. The van der Waals surface area contributed by atoms with E-state index in [1.54, 1.807) is 36.4 Å². The first-order valence-corrected chi connectivity index (χ1v) is 5.79. The molecular weight excluding hydrogens is 272 g/mol. The molecule has 0 amide bonds. The number of hydrogen-bond donors (Lipinski definition) is 0. The standard InChI is InChI=1S/C15H10F4O/c16-14(17)15(18,19)13(20)12-8-4-7-11(9-12)10-5-2-1-3-6-10/h1-9,14H. The van der Waals surface area contributed by atoms with Gasteiger partial charge in [0.2, 0.25) is 5.78 Å². The lowest BCUT2D eigenvalue weighted by Gasteiger charge is -2.14. The van der Waals surface area contributed by atoms with E-state index in [9.17, 15) is 22.4 Å². The minimum Gasteiger partial charge on any atom is -0.287 e. The molecule has 0 aliphatic carbocycles. The van der Waals surface area contributed by atoms with Crippen molar-refractivity contribution in [2.45, 2.75) is 12.3 Å². The molecule has 5 heteroatoms. The number of carbonyl (C=O) groups is 1. The summed E-state index contributed by atoms with van der Waals surface area (Å²) in [7, 11) is 0. The van der Waals surface area contributed by atoms with Crippen LogP contribution < -0.4 is 0 Å². The molecule has 0 atom stereocenters. The number of alkyl halides is 4. The predicted octanol–water partition coefficient (Wildman–Crippen LogP) is 4.44. The van der Waals surface area contributed by atoms with Gasteiger partial charge in [-0.2, -0.15) is 8.78 Å². The second-order valence-corrected chi connectivity index (χ2v) is 4.20. The monoisotopic (exact) mass is 282 g/mol. The Morgan fingerprint density at radius 2 is 1.50 bits per heavy atom. The van der Waals surface area contributed by atoms with Crippen LogP contribution in [0.4, 0.5) is 17.6 Å². The van der Waals surface area contributed by atoms with Crippen LogP contribution in [0.2, 0.25) is 0 Å². The van der Waals surface area contributed by atoms with Gasteiger partial charge in [-0.25, -0.2) is 8.78 Å². The lowest BCUT2D eigenvalue weighted by atomic mass is 9.99. The molecule has 2 aromatic carbocycles. The van der Waals surface area contributed by atoms with Crippen molar-refractivity contribution in [3.05, 3.63) is 60.2 Å². The van der Waals surface area contributed by atoms with Crippen molar-refractivity contribution in [1.82, 2.24) is 0 Å². The highest BCUT2D eigenvalue weighted by Gasteiger charge is 2.48. The molecule has 0 aliphatic rings.